The van der Waals surface area contributed by atoms with Crippen molar-refractivity contribution in [3.05, 3.63) is 68.4 Å². The van der Waals surface area contributed by atoms with Crippen molar-refractivity contribution in [2.75, 3.05) is 7.05 Å². The number of nitrogens with one attached hydrogen (secondary N) is 1. The molecule has 19 heavy (non-hydrogen) atoms. The molecule has 2 aromatic rings. The van der Waals surface area contributed by atoms with Gasteiger partial charge in [0, 0.05) is 15.1 Å². The lowest BCUT2D eigenvalue weighted by molar-refractivity contribution is 0.617. The molecule has 0 heterocycles. The fourth-order valence-corrected chi connectivity index (χ4v) is 2.58. The van der Waals surface area contributed by atoms with E-state index in [4.69, 9.17) is 34.8 Å². The third-order valence-corrected chi connectivity index (χ3v) is 3.75. The predicted molar refractivity (Wildman–Crippen MR) is 78.8 cm³/mol. The minimum absolute atomic E-state index is 0.325. The third kappa shape index (κ3) is 3.21. The van der Waals surface area contributed by atoms with Gasteiger partial charge in [0.15, 0.2) is 0 Å². The Kier molecular flexibility index (Phi) is 4.69. The van der Waals surface area contributed by atoms with Crippen molar-refractivity contribution < 1.29 is 4.39 Å². The van der Waals surface area contributed by atoms with Crippen LogP contribution in [-0.2, 0) is 0 Å². The highest BCUT2D eigenvalue weighted by molar-refractivity contribution is 6.34. The largest absolute Gasteiger partial charge is 0.309 e. The van der Waals surface area contributed by atoms with E-state index in [2.05, 4.69) is 5.32 Å². The topological polar surface area (TPSA) is 12.0 Å². The van der Waals surface area contributed by atoms with Gasteiger partial charge in [-0.05, 0) is 54.6 Å². The van der Waals surface area contributed by atoms with E-state index in [1.807, 2.05) is 0 Å². The van der Waals surface area contributed by atoms with Crippen molar-refractivity contribution in [2.45, 2.75) is 6.04 Å². The SMILES string of the molecule is CNC(c1cc(F)ccc1Cl)c1cc(Cl)ccc1Cl. The summed E-state index contributed by atoms with van der Waals surface area (Å²) in [5.41, 5.74) is 1.37. The molecular weight excluding hydrogens is 308 g/mol. The summed E-state index contributed by atoms with van der Waals surface area (Å²) in [4.78, 5) is 0. The van der Waals surface area contributed by atoms with Gasteiger partial charge in [-0.1, -0.05) is 34.8 Å². The average molecular weight is 319 g/mol. The van der Waals surface area contributed by atoms with Crippen LogP contribution in [0.4, 0.5) is 4.39 Å². The Balaban J connectivity index is 2.55. The van der Waals surface area contributed by atoms with Crippen LogP contribution < -0.4 is 5.32 Å². The molecule has 0 aromatic heterocycles. The van der Waals surface area contributed by atoms with E-state index in [9.17, 15) is 4.39 Å². The van der Waals surface area contributed by atoms with Crippen molar-refractivity contribution in [3.8, 4) is 0 Å². The van der Waals surface area contributed by atoms with Crippen molar-refractivity contribution in [2.24, 2.45) is 0 Å². The van der Waals surface area contributed by atoms with E-state index in [-0.39, 0.29) is 11.9 Å². The molecule has 2 rings (SSSR count). The summed E-state index contributed by atoms with van der Waals surface area (Å²) in [7, 11) is 1.75. The smallest absolute Gasteiger partial charge is 0.123 e. The summed E-state index contributed by atoms with van der Waals surface area (Å²) in [5.74, 6) is -0.349. The highest BCUT2D eigenvalue weighted by Gasteiger charge is 2.19. The van der Waals surface area contributed by atoms with Crippen LogP contribution in [0.1, 0.15) is 17.2 Å². The standard InChI is InChI=1S/C14H11Cl3FN/c1-19-14(10-6-8(15)2-4-12(10)16)11-7-9(18)3-5-13(11)17/h2-7,14,19H,1H3. The van der Waals surface area contributed by atoms with Crippen molar-refractivity contribution in [3.63, 3.8) is 0 Å². The first-order valence-corrected chi connectivity index (χ1v) is 6.73. The molecule has 1 N–H and O–H groups in total. The molecule has 0 saturated carbocycles. The maximum atomic E-state index is 13.4. The van der Waals surface area contributed by atoms with Gasteiger partial charge < -0.3 is 5.32 Å². The Morgan fingerprint density at radius 3 is 2.16 bits per heavy atom. The molecule has 1 unspecified atom stereocenters. The second-order valence-electron chi connectivity index (χ2n) is 4.05. The maximum Gasteiger partial charge on any atom is 0.123 e. The lowest BCUT2D eigenvalue weighted by Crippen LogP contribution is -2.18. The molecule has 0 bridgehead atoms. The van der Waals surface area contributed by atoms with E-state index in [0.29, 0.717) is 20.6 Å². The molecule has 0 fully saturated rings. The molecule has 0 aliphatic heterocycles. The van der Waals surface area contributed by atoms with Gasteiger partial charge in [0.25, 0.3) is 0 Å². The zero-order valence-corrected chi connectivity index (χ0v) is 12.3. The molecule has 1 nitrogen and oxygen atoms in total. The zero-order chi connectivity index (χ0) is 14.0. The Morgan fingerprint density at radius 1 is 0.947 bits per heavy atom. The number of benzene rings is 2. The number of rotatable bonds is 3. The second kappa shape index (κ2) is 6.10. The Morgan fingerprint density at radius 2 is 1.53 bits per heavy atom. The van der Waals surface area contributed by atoms with Crippen molar-refractivity contribution >= 4 is 34.8 Å². The minimum atomic E-state index is -0.349. The first-order valence-electron chi connectivity index (χ1n) is 5.60. The number of halogens is 4. The summed E-state index contributed by atoms with van der Waals surface area (Å²) >= 11 is 18.3. The Hall–Kier alpha value is -0.800. The Labute approximate surface area is 126 Å². The second-order valence-corrected chi connectivity index (χ2v) is 5.30. The molecule has 100 valence electrons. The van der Waals surface area contributed by atoms with Crippen LogP contribution in [-0.4, -0.2) is 7.05 Å². The van der Waals surface area contributed by atoms with Crippen molar-refractivity contribution in [1.82, 2.24) is 5.32 Å². The monoisotopic (exact) mass is 317 g/mol. The van der Waals surface area contributed by atoms with E-state index in [0.717, 1.165) is 5.56 Å². The fourth-order valence-electron chi connectivity index (χ4n) is 1.95. The first-order chi connectivity index (χ1) is 9.02. The highest BCUT2D eigenvalue weighted by atomic mass is 35.5. The van der Waals surface area contributed by atoms with Crippen LogP contribution in [0.2, 0.25) is 15.1 Å². The normalized spacial score (nSPS) is 12.5. The maximum absolute atomic E-state index is 13.4. The fraction of sp³-hybridized carbons (Fsp3) is 0.143. The van der Waals surface area contributed by atoms with Crippen LogP contribution >= 0.6 is 34.8 Å². The Bertz CT molecular complexity index is 550. The minimum Gasteiger partial charge on any atom is -0.309 e. The summed E-state index contributed by atoms with van der Waals surface area (Å²) in [6.45, 7) is 0. The summed E-state index contributed by atoms with van der Waals surface area (Å²) < 4.78 is 13.4. The molecule has 0 radical (unpaired) electrons. The summed E-state index contributed by atoms with van der Waals surface area (Å²) in [5, 5.41) is 4.65. The molecule has 0 aliphatic carbocycles. The lowest BCUT2D eigenvalue weighted by atomic mass is 9.98. The average Bonchev–Trinajstić information content (AvgIpc) is 2.38. The number of hydrogen-bond donors (Lipinski definition) is 1. The van der Waals surface area contributed by atoms with Gasteiger partial charge in [-0.3, -0.25) is 0 Å². The molecule has 1 atom stereocenters. The number of hydrogen-bond acceptors (Lipinski definition) is 1. The van der Waals surface area contributed by atoms with E-state index in [1.165, 1.54) is 18.2 Å². The lowest BCUT2D eigenvalue weighted by Gasteiger charge is -2.20. The summed E-state index contributed by atoms with van der Waals surface area (Å²) in [6.07, 6.45) is 0. The molecule has 0 saturated heterocycles. The summed E-state index contributed by atoms with van der Waals surface area (Å²) in [6, 6.07) is 9.05. The highest BCUT2D eigenvalue weighted by Crippen LogP contribution is 2.34. The third-order valence-electron chi connectivity index (χ3n) is 2.83. The van der Waals surface area contributed by atoms with E-state index in [1.54, 1.807) is 25.2 Å². The molecule has 0 spiro atoms. The van der Waals surface area contributed by atoms with Gasteiger partial charge in [-0.25, -0.2) is 4.39 Å². The van der Waals surface area contributed by atoms with Crippen LogP contribution in [0.15, 0.2) is 36.4 Å². The first kappa shape index (κ1) is 14.6. The van der Waals surface area contributed by atoms with Gasteiger partial charge in [-0.2, -0.15) is 0 Å². The molecule has 2 aromatic carbocycles. The van der Waals surface area contributed by atoms with Gasteiger partial charge in [0.2, 0.25) is 0 Å². The van der Waals surface area contributed by atoms with Crippen LogP contribution in [0, 0.1) is 5.82 Å². The van der Waals surface area contributed by atoms with Gasteiger partial charge in [0.1, 0.15) is 5.82 Å². The van der Waals surface area contributed by atoms with Crippen LogP contribution in [0.5, 0.6) is 0 Å². The van der Waals surface area contributed by atoms with Gasteiger partial charge in [-0.15, -0.1) is 0 Å². The zero-order valence-electron chi connectivity index (χ0n) is 10.1. The van der Waals surface area contributed by atoms with E-state index < -0.39 is 0 Å². The van der Waals surface area contributed by atoms with Crippen molar-refractivity contribution in [1.29, 1.82) is 0 Å². The van der Waals surface area contributed by atoms with Crippen LogP contribution in [0.25, 0.3) is 0 Å². The molecule has 0 amide bonds. The predicted octanol–water partition coefficient (Wildman–Crippen LogP) is 5.09. The molecule has 5 heteroatoms. The molecule has 0 aliphatic rings. The molecular formula is C14H11Cl3FN. The van der Waals surface area contributed by atoms with Gasteiger partial charge in [0.05, 0.1) is 6.04 Å². The van der Waals surface area contributed by atoms with E-state index >= 15 is 0 Å². The van der Waals surface area contributed by atoms with Crippen LogP contribution in [0.3, 0.4) is 0 Å². The quantitative estimate of drug-likeness (QED) is 0.830. The van der Waals surface area contributed by atoms with Gasteiger partial charge >= 0.3 is 0 Å².